The van der Waals surface area contributed by atoms with E-state index in [2.05, 4.69) is 13.0 Å². The molecule has 178 valence electrons. The summed E-state index contributed by atoms with van der Waals surface area (Å²) < 4.78 is 10.4. The summed E-state index contributed by atoms with van der Waals surface area (Å²) in [5.41, 5.74) is -1.30. The molecule has 0 amide bonds. The van der Waals surface area contributed by atoms with Crippen LogP contribution in [0.5, 0.6) is 0 Å². The lowest BCUT2D eigenvalue weighted by molar-refractivity contribution is -0.181. The second-order valence-corrected chi connectivity index (χ2v) is 10.9. The normalized spacial score (nSPS) is 45.1. The van der Waals surface area contributed by atoms with E-state index in [0.29, 0.717) is 18.8 Å². The van der Waals surface area contributed by atoms with Crippen LogP contribution in [0.4, 0.5) is 0 Å². The summed E-state index contributed by atoms with van der Waals surface area (Å²) in [6.07, 6.45) is 6.31. The number of hydrogen-bond acceptors (Lipinski definition) is 7. The summed E-state index contributed by atoms with van der Waals surface area (Å²) in [4.78, 5) is 35.6. The number of Topliss-reactive ketones (excluding diaryl/α,β-unsaturated/α-hetero) is 1. The van der Waals surface area contributed by atoms with Gasteiger partial charge in [0.15, 0.2) is 12.2 Å². The third-order valence-corrected chi connectivity index (χ3v) is 9.44. The lowest BCUT2D eigenvalue weighted by Gasteiger charge is -2.58. The van der Waals surface area contributed by atoms with Gasteiger partial charge in [-0.2, -0.15) is 0 Å². The number of esters is 2. The molecule has 4 rings (SSSR count). The number of allylic oxidation sites excluding steroid dienone is 1. The quantitative estimate of drug-likeness (QED) is 0.503. The molecule has 0 saturated heterocycles. The summed E-state index contributed by atoms with van der Waals surface area (Å²) in [7, 11) is 0. The molecule has 3 fully saturated rings. The molecule has 3 saturated carbocycles. The fourth-order valence-electron chi connectivity index (χ4n) is 7.76. The fourth-order valence-corrected chi connectivity index (χ4v) is 7.76. The highest BCUT2D eigenvalue weighted by atomic mass is 16.5. The maximum Gasteiger partial charge on any atom is 0.303 e. The number of rotatable bonds is 4. The molecule has 0 aromatic heterocycles. The van der Waals surface area contributed by atoms with Crippen molar-refractivity contribution >= 4 is 17.7 Å². The Hall–Kier alpha value is -1.73. The highest BCUT2D eigenvalue weighted by Crippen LogP contribution is 2.67. The summed E-state index contributed by atoms with van der Waals surface area (Å²) >= 11 is 0. The maximum absolute atomic E-state index is 13.0. The molecule has 2 N–H and O–H groups in total. The first-order valence-electron chi connectivity index (χ1n) is 11.9. The van der Waals surface area contributed by atoms with Gasteiger partial charge in [0.1, 0.15) is 6.10 Å². The number of fused-ring (bicyclic) bond motifs is 5. The molecule has 0 radical (unpaired) electrons. The van der Waals surface area contributed by atoms with Crippen molar-refractivity contribution in [1.82, 2.24) is 0 Å². The van der Waals surface area contributed by atoms with Gasteiger partial charge in [0, 0.05) is 25.7 Å². The average molecular weight is 449 g/mol. The maximum atomic E-state index is 13.0. The molecular weight excluding hydrogens is 412 g/mol. The minimum absolute atomic E-state index is 0.00310. The SMILES string of the molecule is CC(=O)OCC(=O)[C@@]1(O)[C@H](O)C[C@H]2[C@@H]3CC=C4C[C@@H](OC(C)=O)CC[C@]4(C)[C@H]3CC[C@@]21C. The predicted octanol–water partition coefficient (Wildman–Crippen LogP) is 2.71. The summed E-state index contributed by atoms with van der Waals surface area (Å²) in [6, 6.07) is 0. The smallest absolute Gasteiger partial charge is 0.303 e. The summed E-state index contributed by atoms with van der Waals surface area (Å²) in [6.45, 7) is 6.40. The van der Waals surface area contributed by atoms with E-state index < -0.39 is 35.5 Å². The second-order valence-electron chi connectivity index (χ2n) is 10.9. The highest BCUT2D eigenvalue weighted by Gasteiger charge is 2.69. The zero-order valence-corrected chi connectivity index (χ0v) is 19.6. The van der Waals surface area contributed by atoms with Gasteiger partial charge in [-0.3, -0.25) is 14.4 Å². The Morgan fingerprint density at radius 2 is 1.81 bits per heavy atom. The van der Waals surface area contributed by atoms with Crippen LogP contribution in [0.2, 0.25) is 0 Å². The molecule has 0 aliphatic heterocycles. The minimum atomic E-state index is -1.91. The number of carbonyl (C=O) groups is 3. The monoisotopic (exact) mass is 448 g/mol. The lowest BCUT2D eigenvalue weighted by atomic mass is 9.46. The van der Waals surface area contributed by atoms with Crippen LogP contribution >= 0.6 is 0 Å². The Labute approximate surface area is 189 Å². The molecule has 8 atom stereocenters. The number of carbonyl (C=O) groups excluding carboxylic acids is 3. The van der Waals surface area contributed by atoms with Gasteiger partial charge in [-0.1, -0.05) is 25.5 Å². The van der Waals surface area contributed by atoms with E-state index in [0.717, 1.165) is 32.1 Å². The molecule has 0 unspecified atom stereocenters. The molecule has 4 aliphatic rings. The standard InChI is InChI=1S/C25H36O7/c1-14(26)31-13-22(29)25(30)21(28)12-20-18-6-5-16-11-17(32-15(2)27)7-9-23(16,3)19(18)8-10-24(20,25)4/h5,17-21,28,30H,6-13H2,1-4H3/t17-,18+,19-,20-,21+,23-,24-,25-/m0/s1. The molecular formula is C25H36O7. The van der Waals surface area contributed by atoms with Crippen molar-refractivity contribution in [2.75, 3.05) is 6.61 Å². The Morgan fingerprint density at radius 3 is 2.47 bits per heavy atom. The van der Waals surface area contributed by atoms with Gasteiger partial charge >= 0.3 is 11.9 Å². The van der Waals surface area contributed by atoms with Crippen molar-refractivity contribution in [1.29, 1.82) is 0 Å². The first kappa shape index (κ1) is 23.4. The van der Waals surface area contributed by atoms with Crippen molar-refractivity contribution < 1.29 is 34.1 Å². The molecule has 7 nitrogen and oxygen atoms in total. The third kappa shape index (κ3) is 3.35. The second kappa shape index (κ2) is 7.94. The lowest BCUT2D eigenvalue weighted by Crippen LogP contribution is -2.61. The van der Waals surface area contributed by atoms with E-state index >= 15 is 0 Å². The molecule has 0 aromatic carbocycles. The fraction of sp³-hybridized carbons (Fsp3) is 0.800. The van der Waals surface area contributed by atoms with Gasteiger partial charge < -0.3 is 19.7 Å². The van der Waals surface area contributed by atoms with Gasteiger partial charge in [0.25, 0.3) is 0 Å². The van der Waals surface area contributed by atoms with Crippen LogP contribution in [0, 0.1) is 28.6 Å². The molecule has 0 bridgehead atoms. The van der Waals surface area contributed by atoms with Crippen molar-refractivity contribution in [3.05, 3.63) is 11.6 Å². The number of ketones is 1. The Morgan fingerprint density at radius 1 is 1.09 bits per heavy atom. The zero-order valence-electron chi connectivity index (χ0n) is 19.6. The van der Waals surface area contributed by atoms with E-state index in [4.69, 9.17) is 9.47 Å². The molecule has 0 aromatic rings. The van der Waals surface area contributed by atoms with Crippen LogP contribution in [-0.4, -0.2) is 52.4 Å². The van der Waals surface area contributed by atoms with E-state index in [1.165, 1.54) is 19.4 Å². The van der Waals surface area contributed by atoms with E-state index in [1.807, 2.05) is 6.92 Å². The van der Waals surface area contributed by atoms with Crippen molar-refractivity contribution in [2.24, 2.45) is 28.6 Å². The van der Waals surface area contributed by atoms with Gasteiger partial charge in [-0.15, -0.1) is 0 Å². The Bertz CT molecular complexity index is 849. The molecule has 7 heteroatoms. The van der Waals surface area contributed by atoms with Crippen LogP contribution in [0.25, 0.3) is 0 Å². The number of ether oxygens (including phenoxy) is 2. The van der Waals surface area contributed by atoms with Crippen molar-refractivity contribution in [3.63, 3.8) is 0 Å². The minimum Gasteiger partial charge on any atom is -0.462 e. The van der Waals surface area contributed by atoms with E-state index in [-0.39, 0.29) is 29.3 Å². The first-order valence-corrected chi connectivity index (χ1v) is 11.9. The summed E-state index contributed by atoms with van der Waals surface area (Å²) in [5, 5.41) is 22.5. The van der Waals surface area contributed by atoms with Crippen LogP contribution in [0.15, 0.2) is 11.6 Å². The van der Waals surface area contributed by atoms with Crippen LogP contribution in [0.3, 0.4) is 0 Å². The largest absolute Gasteiger partial charge is 0.462 e. The molecule has 0 spiro atoms. The molecule has 4 aliphatic carbocycles. The third-order valence-electron chi connectivity index (χ3n) is 9.44. The number of aliphatic hydroxyl groups is 2. The van der Waals surface area contributed by atoms with Crippen molar-refractivity contribution in [2.45, 2.75) is 90.4 Å². The number of hydrogen-bond donors (Lipinski definition) is 2. The first-order chi connectivity index (χ1) is 14.9. The van der Waals surface area contributed by atoms with Gasteiger partial charge in [0.2, 0.25) is 5.78 Å². The van der Waals surface area contributed by atoms with Crippen LogP contribution in [-0.2, 0) is 23.9 Å². The van der Waals surface area contributed by atoms with Crippen LogP contribution < -0.4 is 0 Å². The predicted molar refractivity (Wildman–Crippen MR) is 115 cm³/mol. The highest BCUT2D eigenvalue weighted by molar-refractivity contribution is 5.91. The van der Waals surface area contributed by atoms with Gasteiger partial charge in [-0.25, -0.2) is 0 Å². The van der Waals surface area contributed by atoms with Gasteiger partial charge in [0.05, 0.1) is 6.10 Å². The number of aliphatic hydroxyl groups excluding tert-OH is 1. The Balaban J connectivity index is 1.59. The molecule has 32 heavy (non-hydrogen) atoms. The summed E-state index contributed by atoms with van der Waals surface area (Å²) in [5.74, 6) is -0.761. The van der Waals surface area contributed by atoms with E-state index in [9.17, 15) is 24.6 Å². The molecule has 0 heterocycles. The van der Waals surface area contributed by atoms with Crippen molar-refractivity contribution in [3.8, 4) is 0 Å². The topological polar surface area (TPSA) is 110 Å². The average Bonchev–Trinajstić information content (AvgIpc) is 2.93. The Kier molecular flexibility index (Phi) is 5.82. The zero-order chi connectivity index (χ0) is 23.5. The van der Waals surface area contributed by atoms with E-state index in [1.54, 1.807) is 0 Å². The van der Waals surface area contributed by atoms with Gasteiger partial charge in [-0.05, 0) is 61.7 Å². The van der Waals surface area contributed by atoms with Crippen LogP contribution in [0.1, 0.15) is 72.6 Å².